The molecule has 0 saturated carbocycles. The maximum Gasteiger partial charge on any atom is 0.243 e. The molecule has 1 unspecified atom stereocenters. The van der Waals surface area contributed by atoms with Crippen molar-refractivity contribution in [3.05, 3.63) is 18.2 Å². The smallest absolute Gasteiger partial charge is 0.243 e. The summed E-state index contributed by atoms with van der Waals surface area (Å²) in [6.45, 7) is 7.87. The van der Waals surface area contributed by atoms with E-state index in [2.05, 4.69) is 12.2 Å². The summed E-state index contributed by atoms with van der Waals surface area (Å²) in [4.78, 5) is 0.333. The minimum absolute atomic E-state index is 0.145. The molecule has 0 amide bonds. The van der Waals surface area contributed by atoms with Crippen molar-refractivity contribution in [3.8, 4) is 5.75 Å². The van der Waals surface area contributed by atoms with Gasteiger partial charge < -0.3 is 10.1 Å². The number of hydrogen-bond acceptors (Lipinski definition) is 4. The highest BCUT2D eigenvalue weighted by Gasteiger charge is 2.26. The third kappa shape index (κ3) is 3.55. The van der Waals surface area contributed by atoms with Gasteiger partial charge in [-0.25, -0.2) is 8.42 Å². The lowest BCUT2D eigenvalue weighted by Gasteiger charge is -2.27. The Morgan fingerprint density at radius 3 is 2.50 bits per heavy atom. The topological polar surface area (TPSA) is 58.6 Å². The lowest BCUT2D eigenvalue weighted by atomic mass is 10.2. The second kappa shape index (κ2) is 7.33. The Morgan fingerprint density at radius 2 is 1.91 bits per heavy atom. The van der Waals surface area contributed by atoms with Crippen LogP contribution >= 0.6 is 0 Å². The molecule has 22 heavy (non-hydrogen) atoms. The molecule has 0 bridgehead atoms. The summed E-state index contributed by atoms with van der Waals surface area (Å²) in [6, 6.07) is 5.09. The van der Waals surface area contributed by atoms with E-state index >= 15 is 0 Å². The average Bonchev–Trinajstić information content (AvgIpc) is 2.53. The molecule has 0 spiro atoms. The van der Waals surface area contributed by atoms with Crippen LogP contribution in [0.25, 0.3) is 0 Å². The van der Waals surface area contributed by atoms with E-state index in [9.17, 15) is 8.42 Å². The van der Waals surface area contributed by atoms with Crippen molar-refractivity contribution < 1.29 is 13.2 Å². The number of sulfonamides is 1. The first-order valence-corrected chi connectivity index (χ1v) is 9.51. The Balaban J connectivity index is 2.29. The Bertz CT molecular complexity index is 595. The summed E-state index contributed by atoms with van der Waals surface area (Å²) in [6.07, 6.45) is 2.69. The molecule has 1 aliphatic heterocycles. The zero-order valence-corrected chi connectivity index (χ0v) is 14.4. The molecule has 0 radical (unpaired) electrons. The molecule has 0 saturated heterocycles. The standard InChI is InChI=1S/C16H26N2O3S/c1-4-9-18(10-5-2)22(19,20)14-7-8-16-15(11-14)17-12-13(6-3)21-16/h7-8,11,13,17H,4-6,9-10,12H2,1-3H3. The minimum atomic E-state index is -3.44. The zero-order valence-electron chi connectivity index (χ0n) is 13.6. The fraction of sp³-hybridized carbons (Fsp3) is 0.625. The van der Waals surface area contributed by atoms with Crippen LogP contribution in [-0.4, -0.2) is 38.5 Å². The predicted molar refractivity (Wildman–Crippen MR) is 89.0 cm³/mol. The summed E-state index contributed by atoms with van der Waals surface area (Å²) in [5.74, 6) is 0.731. The minimum Gasteiger partial charge on any atom is -0.486 e. The van der Waals surface area contributed by atoms with E-state index in [1.165, 1.54) is 0 Å². The first-order chi connectivity index (χ1) is 10.5. The van der Waals surface area contributed by atoms with Crippen LogP contribution in [0.5, 0.6) is 5.75 Å². The molecule has 1 heterocycles. The van der Waals surface area contributed by atoms with Crippen LogP contribution in [0, 0.1) is 0 Å². The first kappa shape index (κ1) is 17.1. The number of nitrogens with one attached hydrogen (secondary N) is 1. The SMILES string of the molecule is CCCN(CCC)S(=O)(=O)c1ccc2c(c1)NCC(CC)O2. The van der Waals surface area contributed by atoms with Gasteiger partial charge in [0.25, 0.3) is 0 Å². The molecule has 1 atom stereocenters. The lowest BCUT2D eigenvalue weighted by Crippen LogP contribution is -2.33. The van der Waals surface area contributed by atoms with Gasteiger partial charge in [-0.15, -0.1) is 0 Å². The van der Waals surface area contributed by atoms with Crippen molar-refractivity contribution in [2.45, 2.75) is 51.0 Å². The summed E-state index contributed by atoms with van der Waals surface area (Å²) in [7, 11) is -3.44. The highest BCUT2D eigenvalue weighted by atomic mass is 32.2. The van der Waals surface area contributed by atoms with Gasteiger partial charge in [-0.05, 0) is 37.5 Å². The number of rotatable bonds is 7. The highest BCUT2D eigenvalue weighted by molar-refractivity contribution is 7.89. The largest absolute Gasteiger partial charge is 0.486 e. The third-order valence-corrected chi connectivity index (χ3v) is 5.70. The van der Waals surface area contributed by atoms with Gasteiger partial charge in [0.2, 0.25) is 10.0 Å². The average molecular weight is 326 g/mol. The van der Waals surface area contributed by atoms with Crippen LogP contribution in [0.1, 0.15) is 40.0 Å². The molecule has 2 rings (SSSR count). The van der Waals surface area contributed by atoms with Crippen molar-refractivity contribution >= 4 is 15.7 Å². The van der Waals surface area contributed by atoms with E-state index in [1.54, 1.807) is 22.5 Å². The van der Waals surface area contributed by atoms with E-state index in [0.717, 1.165) is 30.7 Å². The molecule has 1 aromatic rings. The van der Waals surface area contributed by atoms with Gasteiger partial charge in [0.05, 0.1) is 17.1 Å². The Hall–Kier alpha value is -1.27. The molecule has 1 aliphatic rings. The van der Waals surface area contributed by atoms with Crippen molar-refractivity contribution in [1.82, 2.24) is 4.31 Å². The fourth-order valence-electron chi connectivity index (χ4n) is 2.58. The van der Waals surface area contributed by atoms with Crippen molar-refractivity contribution in [2.24, 2.45) is 0 Å². The van der Waals surface area contributed by atoms with Crippen LogP contribution in [0.15, 0.2) is 23.1 Å². The van der Waals surface area contributed by atoms with Crippen LogP contribution in [-0.2, 0) is 10.0 Å². The summed E-state index contributed by atoms with van der Waals surface area (Å²) in [5, 5.41) is 3.27. The molecule has 0 aromatic heterocycles. The van der Waals surface area contributed by atoms with Crippen molar-refractivity contribution in [3.63, 3.8) is 0 Å². The van der Waals surface area contributed by atoms with E-state index < -0.39 is 10.0 Å². The number of ether oxygens (including phenoxy) is 1. The molecule has 1 N–H and O–H groups in total. The Morgan fingerprint density at radius 1 is 1.23 bits per heavy atom. The second-order valence-corrected chi connectivity index (χ2v) is 7.53. The maximum absolute atomic E-state index is 12.8. The summed E-state index contributed by atoms with van der Waals surface area (Å²) >= 11 is 0. The Labute approximate surface area is 133 Å². The van der Waals surface area contributed by atoms with Gasteiger partial charge in [-0.2, -0.15) is 4.31 Å². The van der Waals surface area contributed by atoms with Gasteiger partial charge >= 0.3 is 0 Å². The van der Waals surface area contributed by atoms with Crippen molar-refractivity contribution in [2.75, 3.05) is 25.0 Å². The van der Waals surface area contributed by atoms with Crippen LogP contribution in [0.3, 0.4) is 0 Å². The molecule has 5 nitrogen and oxygen atoms in total. The summed E-state index contributed by atoms with van der Waals surface area (Å²) < 4.78 is 32.9. The second-order valence-electron chi connectivity index (χ2n) is 5.59. The quantitative estimate of drug-likeness (QED) is 0.836. The van der Waals surface area contributed by atoms with Crippen LogP contribution in [0.4, 0.5) is 5.69 Å². The summed E-state index contributed by atoms with van der Waals surface area (Å²) in [5.41, 5.74) is 0.763. The highest BCUT2D eigenvalue weighted by Crippen LogP contribution is 2.32. The van der Waals surface area contributed by atoms with E-state index in [0.29, 0.717) is 24.5 Å². The van der Waals surface area contributed by atoms with Crippen molar-refractivity contribution in [1.29, 1.82) is 0 Å². The van der Waals surface area contributed by atoms with Crippen LogP contribution in [0.2, 0.25) is 0 Å². The first-order valence-electron chi connectivity index (χ1n) is 8.07. The third-order valence-electron chi connectivity index (χ3n) is 3.80. The van der Waals surface area contributed by atoms with E-state index in [-0.39, 0.29) is 6.10 Å². The van der Waals surface area contributed by atoms with Crippen LogP contribution < -0.4 is 10.1 Å². The maximum atomic E-state index is 12.8. The fourth-order valence-corrected chi connectivity index (χ4v) is 4.23. The lowest BCUT2D eigenvalue weighted by molar-refractivity contribution is 0.201. The molecule has 124 valence electrons. The number of fused-ring (bicyclic) bond motifs is 1. The van der Waals surface area contributed by atoms with E-state index in [1.807, 2.05) is 13.8 Å². The van der Waals surface area contributed by atoms with Gasteiger partial charge in [0.1, 0.15) is 11.9 Å². The number of benzene rings is 1. The number of hydrogen-bond donors (Lipinski definition) is 1. The predicted octanol–water partition coefficient (Wildman–Crippen LogP) is 3.08. The molecule has 0 fully saturated rings. The molecule has 6 heteroatoms. The molecule has 1 aromatic carbocycles. The molecular weight excluding hydrogens is 300 g/mol. The van der Waals surface area contributed by atoms with Gasteiger partial charge in [-0.3, -0.25) is 0 Å². The zero-order chi connectivity index (χ0) is 16.2. The van der Waals surface area contributed by atoms with E-state index in [4.69, 9.17) is 4.74 Å². The Kier molecular flexibility index (Phi) is 5.69. The van der Waals surface area contributed by atoms with Gasteiger partial charge in [0.15, 0.2) is 0 Å². The monoisotopic (exact) mass is 326 g/mol. The van der Waals surface area contributed by atoms with Gasteiger partial charge in [-0.1, -0.05) is 20.8 Å². The number of anilines is 1. The molecule has 0 aliphatic carbocycles. The number of nitrogens with zero attached hydrogens (tertiary/aromatic N) is 1. The van der Waals surface area contributed by atoms with Gasteiger partial charge in [0, 0.05) is 13.1 Å². The molecular formula is C16H26N2O3S. The normalized spacial score (nSPS) is 17.7.